The number of nitro groups is 1. The number of hydrogen-bond acceptors (Lipinski definition) is 4. The molecule has 1 heterocycles. The Labute approximate surface area is 112 Å². The van der Waals surface area contributed by atoms with Crippen LogP contribution in [0, 0.1) is 16.0 Å². The van der Waals surface area contributed by atoms with Crippen molar-refractivity contribution in [3.63, 3.8) is 0 Å². The van der Waals surface area contributed by atoms with Crippen molar-refractivity contribution in [2.45, 2.75) is 19.8 Å². The summed E-state index contributed by atoms with van der Waals surface area (Å²) in [7, 11) is 0. The predicted octanol–water partition coefficient (Wildman–Crippen LogP) is 2.51. The van der Waals surface area contributed by atoms with Gasteiger partial charge in [0.05, 0.1) is 11.5 Å². The molecular weight excluding hydrogens is 244 g/mol. The smallest absolute Gasteiger partial charge is 0.270 e. The molecule has 5 nitrogen and oxygen atoms in total. The van der Waals surface area contributed by atoms with Crippen LogP contribution in [0.1, 0.15) is 30.1 Å². The Kier molecular flexibility index (Phi) is 4.27. The summed E-state index contributed by atoms with van der Waals surface area (Å²) in [6.45, 7) is 4.42. The standard InChI is InChI=1S/C14H18N2O3/c1-2-11-6-7-15(9-11)10-14(17)12-4-3-5-13(8-12)16(18)19/h3-5,8,11H,2,6-7,9-10H2,1H3. The maximum Gasteiger partial charge on any atom is 0.270 e. The zero-order valence-corrected chi connectivity index (χ0v) is 11.0. The largest absolute Gasteiger partial charge is 0.296 e. The van der Waals surface area contributed by atoms with Crippen molar-refractivity contribution < 1.29 is 9.72 Å². The van der Waals surface area contributed by atoms with Gasteiger partial charge in [-0.3, -0.25) is 19.8 Å². The molecule has 102 valence electrons. The summed E-state index contributed by atoms with van der Waals surface area (Å²) in [4.78, 5) is 24.5. The summed E-state index contributed by atoms with van der Waals surface area (Å²) in [5, 5.41) is 10.7. The van der Waals surface area contributed by atoms with Gasteiger partial charge in [-0.15, -0.1) is 0 Å². The molecule has 1 fully saturated rings. The Morgan fingerprint density at radius 2 is 2.32 bits per heavy atom. The molecule has 0 aromatic heterocycles. The van der Waals surface area contributed by atoms with E-state index in [9.17, 15) is 14.9 Å². The van der Waals surface area contributed by atoms with E-state index < -0.39 is 4.92 Å². The van der Waals surface area contributed by atoms with E-state index in [1.807, 2.05) is 0 Å². The minimum absolute atomic E-state index is 0.0290. The van der Waals surface area contributed by atoms with Crippen molar-refractivity contribution in [2.24, 2.45) is 5.92 Å². The molecule has 0 bridgehead atoms. The third-order valence-electron chi connectivity index (χ3n) is 3.69. The summed E-state index contributed by atoms with van der Waals surface area (Å²) in [5.41, 5.74) is 0.396. The number of nitrogens with zero attached hydrogens (tertiary/aromatic N) is 2. The maximum absolute atomic E-state index is 12.1. The molecule has 1 aromatic carbocycles. The van der Waals surface area contributed by atoms with Gasteiger partial charge < -0.3 is 0 Å². The highest BCUT2D eigenvalue weighted by molar-refractivity contribution is 5.98. The average molecular weight is 262 g/mol. The zero-order valence-electron chi connectivity index (χ0n) is 11.0. The number of rotatable bonds is 5. The number of nitro benzene ring substituents is 1. The molecular formula is C14H18N2O3. The lowest BCUT2D eigenvalue weighted by Crippen LogP contribution is -2.27. The average Bonchev–Trinajstić information content (AvgIpc) is 2.86. The minimum Gasteiger partial charge on any atom is -0.296 e. The van der Waals surface area contributed by atoms with Crippen molar-refractivity contribution in [3.05, 3.63) is 39.9 Å². The molecule has 1 aliphatic rings. The first-order valence-corrected chi connectivity index (χ1v) is 6.60. The van der Waals surface area contributed by atoms with Crippen LogP contribution in [0.3, 0.4) is 0 Å². The lowest BCUT2D eigenvalue weighted by atomic mass is 10.1. The molecule has 2 rings (SSSR count). The lowest BCUT2D eigenvalue weighted by molar-refractivity contribution is -0.384. The molecule has 0 aliphatic carbocycles. The van der Waals surface area contributed by atoms with Gasteiger partial charge in [0.15, 0.2) is 5.78 Å². The molecule has 0 saturated carbocycles. The topological polar surface area (TPSA) is 63.5 Å². The Morgan fingerprint density at radius 1 is 1.53 bits per heavy atom. The molecule has 1 atom stereocenters. The van der Waals surface area contributed by atoms with E-state index in [1.165, 1.54) is 12.1 Å². The van der Waals surface area contributed by atoms with E-state index in [2.05, 4.69) is 11.8 Å². The van der Waals surface area contributed by atoms with Crippen LogP contribution in [0.5, 0.6) is 0 Å². The summed E-state index contributed by atoms with van der Waals surface area (Å²) in [6, 6.07) is 5.96. The highest BCUT2D eigenvalue weighted by atomic mass is 16.6. The SMILES string of the molecule is CCC1CCN(CC(=O)c2cccc([N+](=O)[O-])c2)C1. The quantitative estimate of drug-likeness (QED) is 0.464. The molecule has 0 radical (unpaired) electrons. The molecule has 0 spiro atoms. The first-order valence-electron chi connectivity index (χ1n) is 6.60. The van der Waals surface area contributed by atoms with Crippen LogP contribution in [0.2, 0.25) is 0 Å². The molecule has 0 N–H and O–H groups in total. The van der Waals surface area contributed by atoms with Gasteiger partial charge >= 0.3 is 0 Å². The van der Waals surface area contributed by atoms with Gasteiger partial charge in [0.1, 0.15) is 0 Å². The number of non-ortho nitro benzene ring substituents is 1. The Morgan fingerprint density at radius 3 is 2.95 bits per heavy atom. The van der Waals surface area contributed by atoms with Crippen LogP contribution in [-0.4, -0.2) is 35.2 Å². The number of likely N-dealkylation sites (tertiary alicyclic amines) is 1. The monoisotopic (exact) mass is 262 g/mol. The summed E-state index contributed by atoms with van der Waals surface area (Å²) >= 11 is 0. The first kappa shape index (κ1) is 13.7. The van der Waals surface area contributed by atoms with E-state index in [4.69, 9.17) is 0 Å². The predicted molar refractivity (Wildman–Crippen MR) is 72.3 cm³/mol. The van der Waals surface area contributed by atoms with Gasteiger partial charge in [-0.05, 0) is 18.9 Å². The second-order valence-electron chi connectivity index (χ2n) is 5.03. The lowest BCUT2D eigenvalue weighted by Gasteiger charge is -2.14. The molecule has 1 aromatic rings. The van der Waals surface area contributed by atoms with E-state index in [0.717, 1.165) is 25.9 Å². The highest BCUT2D eigenvalue weighted by Gasteiger charge is 2.23. The number of carbonyl (C=O) groups is 1. The summed E-state index contributed by atoms with van der Waals surface area (Å²) < 4.78 is 0. The second-order valence-corrected chi connectivity index (χ2v) is 5.03. The Bertz CT molecular complexity index is 487. The summed E-state index contributed by atoms with van der Waals surface area (Å²) in [6.07, 6.45) is 2.28. The van der Waals surface area contributed by atoms with Crippen molar-refractivity contribution in [2.75, 3.05) is 19.6 Å². The molecule has 1 aliphatic heterocycles. The van der Waals surface area contributed by atoms with Crippen LogP contribution < -0.4 is 0 Å². The van der Waals surface area contributed by atoms with Crippen LogP contribution in [0.4, 0.5) is 5.69 Å². The minimum atomic E-state index is -0.472. The van der Waals surface area contributed by atoms with Crippen LogP contribution in [-0.2, 0) is 0 Å². The summed E-state index contributed by atoms with van der Waals surface area (Å²) in [5.74, 6) is 0.637. The third kappa shape index (κ3) is 3.38. The number of Topliss-reactive ketones (excluding diaryl/α,β-unsaturated/α-hetero) is 1. The van der Waals surface area contributed by atoms with Crippen molar-refractivity contribution in [1.82, 2.24) is 4.90 Å². The Hall–Kier alpha value is -1.75. The van der Waals surface area contributed by atoms with Gasteiger partial charge in [0, 0.05) is 24.2 Å². The van der Waals surface area contributed by atoms with Gasteiger partial charge in [-0.25, -0.2) is 0 Å². The fourth-order valence-electron chi connectivity index (χ4n) is 2.48. The molecule has 19 heavy (non-hydrogen) atoms. The first-order chi connectivity index (χ1) is 9.10. The van der Waals surface area contributed by atoms with Crippen molar-refractivity contribution in [3.8, 4) is 0 Å². The van der Waals surface area contributed by atoms with Gasteiger partial charge in [0.25, 0.3) is 5.69 Å². The van der Waals surface area contributed by atoms with E-state index in [0.29, 0.717) is 18.0 Å². The second kappa shape index (κ2) is 5.93. The molecule has 0 amide bonds. The van der Waals surface area contributed by atoms with Crippen LogP contribution in [0.25, 0.3) is 0 Å². The number of carbonyl (C=O) groups excluding carboxylic acids is 1. The molecule has 1 saturated heterocycles. The van der Waals surface area contributed by atoms with E-state index in [1.54, 1.807) is 12.1 Å². The molecule has 5 heteroatoms. The van der Waals surface area contributed by atoms with Crippen molar-refractivity contribution >= 4 is 11.5 Å². The fraction of sp³-hybridized carbons (Fsp3) is 0.500. The highest BCUT2D eigenvalue weighted by Crippen LogP contribution is 2.20. The number of benzene rings is 1. The van der Waals surface area contributed by atoms with Crippen LogP contribution >= 0.6 is 0 Å². The van der Waals surface area contributed by atoms with Gasteiger partial charge in [-0.2, -0.15) is 0 Å². The number of hydrogen-bond donors (Lipinski definition) is 0. The van der Waals surface area contributed by atoms with E-state index >= 15 is 0 Å². The third-order valence-corrected chi connectivity index (χ3v) is 3.69. The maximum atomic E-state index is 12.1. The van der Waals surface area contributed by atoms with Gasteiger partial charge in [-0.1, -0.05) is 25.5 Å². The molecule has 1 unspecified atom stereocenters. The Balaban J connectivity index is 2.00. The van der Waals surface area contributed by atoms with E-state index in [-0.39, 0.29) is 11.5 Å². The van der Waals surface area contributed by atoms with Crippen molar-refractivity contribution in [1.29, 1.82) is 0 Å². The normalized spacial score (nSPS) is 19.5. The fourth-order valence-corrected chi connectivity index (χ4v) is 2.48. The number of ketones is 1. The van der Waals surface area contributed by atoms with Gasteiger partial charge in [0.2, 0.25) is 0 Å². The zero-order chi connectivity index (χ0) is 13.8. The van der Waals surface area contributed by atoms with Crippen LogP contribution in [0.15, 0.2) is 24.3 Å².